The normalized spacial score (nSPS) is 19.9. The number of methoxy groups -OCH3 is 2. The number of ether oxygens (including phenoxy) is 15. The van der Waals surface area contributed by atoms with E-state index >= 15 is 0 Å². The molecule has 18 nitrogen and oxygen atoms in total. The Morgan fingerprint density at radius 3 is 1.03 bits per heavy atom. The van der Waals surface area contributed by atoms with Gasteiger partial charge in [0.25, 0.3) is 0 Å². The average Bonchev–Trinajstić information content (AvgIpc) is 1.71. The lowest BCUT2D eigenvalue weighted by molar-refractivity contribution is -0.219. The maximum Gasteiger partial charge on any atom is 0.306 e. The summed E-state index contributed by atoms with van der Waals surface area (Å²) in [4.78, 5) is 24.3. The van der Waals surface area contributed by atoms with E-state index in [1.165, 1.54) is 19.4 Å². The molecule has 2 fully saturated rings. The molecule has 10 aromatic rings. The van der Waals surface area contributed by atoms with Gasteiger partial charge in [-0.1, -0.05) is 269 Å². The number of carbonyl (C=O) groups excluding carboxylic acids is 2. The lowest BCUT2D eigenvalue weighted by atomic mass is 10.1. The maximum atomic E-state index is 12.8. The van der Waals surface area contributed by atoms with E-state index in [1.807, 2.05) is 220 Å². The molecule has 2 heterocycles. The fourth-order valence-electron chi connectivity index (χ4n) is 13.6. The van der Waals surface area contributed by atoms with Crippen LogP contribution in [0.15, 0.2) is 267 Å². The first-order valence-electron chi connectivity index (χ1n) is 38.5. The Bertz CT molecular complexity index is 4280. The summed E-state index contributed by atoms with van der Waals surface area (Å²) in [6, 6.07) is 89.2. The molecule has 12 rings (SSSR count). The lowest BCUT2D eigenvalue weighted by Gasteiger charge is -2.34. The Balaban J connectivity index is 0.000000222. The summed E-state index contributed by atoms with van der Waals surface area (Å²) in [5.74, 6) is -0.577. The fraction of sp³-hybridized carbons (Fsp3) is 0.376. The van der Waals surface area contributed by atoms with E-state index in [4.69, 9.17) is 71.1 Å². The third-order valence-corrected chi connectivity index (χ3v) is 19.7. The Labute approximate surface area is 653 Å². The Hall–Kier alpha value is -8.74. The van der Waals surface area contributed by atoms with E-state index in [1.54, 1.807) is 7.11 Å². The highest BCUT2D eigenvalue weighted by atomic mass is 16.7. The molecule has 1 N–H and O–H groups in total. The number of carbonyl (C=O) groups is 2. The Morgan fingerprint density at radius 1 is 0.351 bits per heavy atom. The largest absolute Gasteiger partial charge is 0.457 e. The quantitative estimate of drug-likeness (QED) is 0.0354. The van der Waals surface area contributed by atoms with Crippen molar-refractivity contribution in [3.8, 4) is 0 Å². The number of fused-ring (bicyclic) bond motifs is 2. The van der Waals surface area contributed by atoms with Crippen molar-refractivity contribution < 1.29 is 85.7 Å². The van der Waals surface area contributed by atoms with Crippen molar-refractivity contribution in [1.82, 2.24) is 0 Å². The maximum absolute atomic E-state index is 12.8. The molecule has 0 saturated carbocycles. The highest BCUT2D eigenvalue weighted by molar-refractivity contribution is 5.84. The van der Waals surface area contributed by atoms with Crippen LogP contribution in [0.3, 0.4) is 0 Å². The van der Waals surface area contributed by atoms with Gasteiger partial charge in [-0.15, -0.1) is 0 Å². The number of rotatable bonds is 44. The molecule has 2 aliphatic rings. The molecule has 0 aromatic heterocycles. The molecule has 14 atom stereocenters. The van der Waals surface area contributed by atoms with Gasteiger partial charge in [-0.3, -0.25) is 4.79 Å². The highest BCUT2D eigenvalue weighted by Crippen LogP contribution is 2.33. The van der Waals surface area contributed by atoms with Crippen LogP contribution in [-0.4, -0.2) is 143 Å². The van der Waals surface area contributed by atoms with Crippen molar-refractivity contribution in [3.05, 3.63) is 311 Å². The van der Waals surface area contributed by atoms with Crippen molar-refractivity contribution >= 4 is 33.3 Å². The van der Waals surface area contributed by atoms with Crippen molar-refractivity contribution in [2.45, 2.75) is 185 Å². The molecule has 0 radical (unpaired) electrons. The third kappa shape index (κ3) is 25.9. The Kier molecular flexibility index (Phi) is 33.8. The van der Waals surface area contributed by atoms with Gasteiger partial charge in [0.05, 0.1) is 91.8 Å². The first-order chi connectivity index (χ1) is 54.5. The summed E-state index contributed by atoms with van der Waals surface area (Å²) in [6.45, 7) is 8.54. The number of benzene rings is 10. The zero-order valence-corrected chi connectivity index (χ0v) is 64.2. The molecule has 2 aliphatic heterocycles. The van der Waals surface area contributed by atoms with Crippen LogP contribution in [0.5, 0.6) is 0 Å². The zero-order chi connectivity index (χ0) is 77.2. The predicted octanol–water partition coefficient (Wildman–Crippen LogP) is 16.2. The minimum atomic E-state index is -0.888. The topological polar surface area (TPSA) is 193 Å². The van der Waals surface area contributed by atoms with E-state index in [0.29, 0.717) is 52.5 Å². The molecule has 8 unspecified atom stereocenters. The lowest BCUT2D eigenvalue weighted by Crippen LogP contribution is -2.48. The van der Waals surface area contributed by atoms with E-state index in [0.717, 1.165) is 60.7 Å². The van der Waals surface area contributed by atoms with Gasteiger partial charge in [-0.25, -0.2) is 0 Å². The van der Waals surface area contributed by atoms with Crippen LogP contribution < -0.4 is 0 Å². The van der Waals surface area contributed by atoms with Gasteiger partial charge in [0.2, 0.25) is 0 Å². The number of aliphatic hydroxyl groups excluding tert-OH is 1. The van der Waals surface area contributed by atoms with Gasteiger partial charge in [0, 0.05) is 20.6 Å². The van der Waals surface area contributed by atoms with Crippen LogP contribution >= 0.6 is 0 Å². The standard InChI is InChI=1S/C49H56O10.C44H50O8/c1-4-42-47(59-45(51)27-24-35(2)50)48(52-3)49(58-42)57-34-44(55-31-37-18-10-6-11-19-37)46(56-32-38-20-12-7-13-21-38)43(54-30-36-16-8-5-9-17-36)33-53-29-39-25-26-40-22-14-15-23-41(40)28-39;1-3-38-41(45)43(46-2)44(52-38)51-31-40(49-28-33-17-9-5-10-18-33)42(50-29-34-19-11-6-12-20-34)39(48-27-32-15-7-4-8-16-32)30-47-26-35-23-24-36-21-13-14-22-37(36)25-35/h5-23,25-26,28,42-44,46-49H,4,24,27,29-34H2,1-3H3;4-25,38-45H,3,26-31H2,1-2H3/t42-,43?,44?,46?,47?,48+,49-;38-,39?,40?,41?,42?,43+,44-/m11/s1. The van der Waals surface area contributed by atoms with Crippen LogP contribution in [0.4, 0.5) is 0 Å². The van der Waals surface area contributed by atoms with Crippen LogP contribution in [-0.2, 0) is 133 Å². The third-order valence-electron chi connectivity index (χ3n) is 19.7. The number of hydrogen-bond donors (Lipinski definition) is 1. The molecule has 2 saturated heterocycles. The second-order valence-corrected chi connectivity index (χ2v) is 27.9. The molecule has 111 heavy (non-hydrogen) atoms. The van der Waals surface area contributed by atoms with Crippen molar-refractivity contribution in [2.75, 3.05) is 40.6 Å². The number of esters is 1. The van der Waals surface area contributed by atoms with Crippen LogP contribution in [0.1, 0.15) is 91.0 Å². The van der Waals surface area contributed by atoms with Crippen molar-refractivity contribution in [1.29, 1.82) is 0 Å². The second-order valence-electron chi connectivity index (χ2n) is 27.9. The monoisotopic (exact) mass is 1510 g/mol. The van der Waals surface area contributed by atoms with E-state index in [9.17, 15) is 14.7 Å². The summed E-state index contributed by atoms with van der Waals surface area (Å²) in [5, 5.41) is 15.5. The van der Waals surface area contributed by atoms with Gasteiger partial charge in [0.1, 0.15) is 66.8 Å². The summed E-state index contributed by atoms with van der Waals surface area (Å²) in [5.41, 5.74) is 8.13. The molecule has 0 aliphatic carbocycles. The first-order valence-corrected chi connectivity index (χ1v) is 38.5. The molecule has 0 bridgehead atoms. The highest BCUT2D eigenvalue weighted by Gasteiger charge is 2.49. The van der Waals surface area contributed by atoms with E-state index in [2.05, 4.69) is 60.7 Å². The summed E-state index contributed by atoms with van der Waals surface area (Å²) in [6.07, 6.45) is -7.98. The molecule has 0 spiro atoms. The second kappa shape index (κ2) is 45.1. The fourth-order valence-corrected chi connectivity index (χ4v) is 13.6. The molecule has 0 amide bonds. The van der Waals surface area contributed by atoms with Crippen molar-refractivity contribution in [3.63, 3.8) is 0 Å². The predicted molar refractivity (Wildman–Crippen MR) is 425 cm³/mol. The number of ketones is 1. The zero-order valence-electron chi connectivity index (χ0n) is 64.2. The Morgan fingerprint density at radius 2 is 0.676 bits per heavy atom. The summed E-state index contributed by atoms with van der Waals surface area (Å²) < 4.78 is 96.2. The number of aliphatic hydroxyl groups is 1. The summed E-state index contributed by atoms with van der Waals surface area (Å²) >= 11 is 0. The van der Waals surface area contributed by atoms with Crippen molar-refractivity contribution in [2.24, 2.45) is 0 Å². The smallest absolute Gasteiger partial charge is 0.306 e. The van der Waals surface area contributed by atoms with Gasteiger partial charge in [-0.2, -0.15) is 0 Å². The average molecular weight is 1510 g/mol. The molecule has 586 valence electrons. The van der Waals surface area contributed by atoms with Gasteiger partial charge < -0.3 is 81.0 Å². The van der Waals surface area contributed by atoms with Crippen LogP contribution in [0.25, 0.3) is 21.5 Å². The van der Waals surface area contributed by atoms with Gasteiger partial charge >= 0.3 is 5.97 Å². The molecule has 18 heteroatoms. The van der Waals surface area contributed by atoms with Gasteiger partial charge in [-0.05, 0) is 98.0 Å². The van der Waals surface area contributed by atoms with Crippen LogP contribution in [0, 0.1) is 0 Å². The SMILES string of the molecule is CC[C@H]1O[C@@H](OCC(OCc2ccccc2)C(OCc2ccccc2)C(COCc2ccc3ccccc3c2)OCc2ccccc2)[C@@H](OC)C1O.CC[C@H]1O[C@@H](OCC(OCc2ccccc2)C(OCc2ccccc2)C(COCc2ccc3ccccc3c2)OCc2ccccc2)[C@@H](OC)C1OC(=O)CCC(C)=O. The number of Topliss-reactive ketones (excluding diaryl/α,β-unsaturated/α-hetero) is 1. The molecular weight excluding hydrogens is 1410 g/mol. The minimum absolute atomic E-state index is 0.0205. The minimum Gasteiger partial charge on any atom is -0.457 e. The van der Waals surface area contributed by atoms with Gasteiger partial charge in [0.15, 0.2) is 18.7 Å². The first kappa shape index (κ1) is 83.2. The summed E-state index contributed by atoms with van der Waals surface area (Å²) in [7, 11) is 3.09. The molecule has 10 aromatic carbocycles. The number of hydrogen-bond acceptors (Lipinski definition) is 18. The van der Waals surface area contributed by atoms with E-state index in [-0.39, 0.29) is 58.3 Å². The van der Waals surface area contributed by atoms with Crippen LogP contribution in [0.2, 0.25) is 0 Å². The molecular formula is C93H106O18. The van der Waals surface area contributed by atoms with E-state index < -0.39 is 91.8 Å².